The van der Waals surface area contributed by atoms with E-state index in [1.807, 2.05) is 0 Å². The largest absolute Gasteiger partial charge is 0.467 e. The first-order valence-electron chi connectivity index (χ1n) is 39.4. The third kappa shape index (κ3) is 26.9. The van der Waals surface area contributed by atoms with Gasteiger partial charge in [-0.05, 0) is 85.3 Å². The number of aliphatic hydroxyl groups excluding tert-OH is 2. The van der Waals surface area contributed by atoms with Gasteiger partial charge >= 0.3 is 59.8 Å². The minimum atomic E-state index is -3.11. The second kappa shape index (κ2) is 46.5. The summed E-state index contributed by atoms with van der Waals surface area (Å²) in [5.41, 5.74) is -0.511. The van der Waals surface area contributed by atoms with Crippen LogP contribution in [0.4, 0.5) is 4.79 Å². The molecule has 7 aromatic carbocycles. The molecule has 5 N–H and O–H groups in total. The highest BCUT2D eigenvalue weighted by Gasteiger charge is 2.63. The van der Waals surface area contributed by atoms with Gasteiger partial charge < -0.3 is 116 Å². The average Bonchev–Trinajstić information content (AvgIpc) is 0.751. The first-order chi connectivity index (χ1) is 61.8. The van der Waals surface area contributed by atoms with Crippen LogP contribution >= 0.6 is 69.6 Å². The molecule has 0 saturated carbocycles. The lowest BCUT2D eigenvalue weighted by atomic mass is 9.93. The van der Waals surface area contributed by atoms with E-state index in [4.69, 9.17) is 155 Å². The third-order valence-electron chi connectivity index (χ3n) is 19.8. The molecule has 0 spiro atoms. The van der Waals surface area contributed by atoms with Crippen LogP contribution in [0.2, 0.25) is 0 Å². The second-order valence-electron chi connectivity index (χ2n) is 28.6. The van der Waals surface area contributed by atoms with E-state index < -0.39 is 247 Å². The molecule has 4 aliphatic rings. The summed E-state index contributed by atoms with van der Waals surface area (Å²) in [6.07, 6.45) is -45.2. The topological polar surface area (TPSA) is 465 Å². The van der Waals surface area contributed by atoms with Gasteiger partial charge in [-0.15, -0.1) is 0 Å². The van der Waals surface area contributed by atoms with Crippen LogP contribution in [0.5, 0.6) is 0 Å². The number of amides is 3. The predicted molar refractivity (Wildman–Crippen MR) is 446 cm³/mol. The fourth-order valence-corrected chi connectivity index (χ4v) is 13.8. The summed E-state index contributed by atoms with van der Waals surface area (Å²) in [5, 5.41) is 33.4. The van der Waals surface area contributed by atoms with Crippen molar-refractivity contribution in [3.05, 3.63) is 251 Å². The van der Waals surface area contributed by atoms with Gasteiger partial charge in [-0.2, -0.15) is 0 Å². The van der Waals surface area contributed by atoms with E-state index in [2.05, 4.69) is 16.0 Å². The van der Waals surface area contributed by atoms with Crippen molar-refractivity contribution in [2.24, 2.45) is 0 Å². The summed E-state index contributed by atoms with van der Waals surface area (Å²) in [6.45, 7) is -2.04. The summed E-state index contributed by atoms with van der Waals surface area (Å²) in [6, 6.07) is 46.0. The molecule has 4 fully saturated rings. The van der Waals surface area contributed by atoms with Gasteiger partial charge in [0.15, 0.2) is 67.9 Å². The van der Waals surface area contributed by atoms with E-state index in [1.54, 1.807) is 42.5 Å². The van der Waals surface area contributed by atoms with Crippen molar-refractivity contribution < 1.29 is 158 Å². The number of rotatable bonds is 34. The smallest absolute Gasteiger partial charge is 0.407 e. The molecule has 20 atom stereocenters. The van der Waals surface area contributed by atoms with Crippen molar-refractivity contribution in [2.45, 2.75) is 157 Å². The number of benzene rings is 7. The van der Waals surface area contributed by atoms with E-state index in [0.29, 0.717) is 5.56 Å². The second-order valence-corrected chi connectivity index (χ2v) is 33.2. The molecule has 0 unspecified atom stereocenters. The van der Waals surface area contributed by atoms with E-state index in [0.717, 1.165) is 21.1 Å². The molecule has 36 nitrogen and oxygen atoms in total. The first kappa shape index (κ1) is 98.6. The zero-order valence-electron chi connectivity index (χ0n) is 68.0. The lowest BCUT2D eigenvalue weighted by molar-refractivity contribution is -0.368. The van der Waals surface area contributed by atoms with Gasteiger partial charge in [0.2, 0.25) is 0 Å². The number of alkyl carbamates (subject to hydrolysis) is 1. The molecule has 4 aliphatic heterocycles. The van der Waals surface area contributed by atoms with Crippen LogP contribution in [-0.4, -0.2) is 258 Å². The van der Waals surface area contributed by atoms with Crippen molar-refractivity contribution >= 4 is 147 Å². The van der Waals surface area contributed by atoms with Crippen LogP contribution in [0.25, 0.3) is 0 Å². The van der Waals surface area contributed by atoms with Gasteiger partial charge in [0.05, 0.1) is 60.6 Å². The minimum Gasteiger partial charge on any atom is -0.467 e. The minimum absolute atomic E-state index is 0.00111. The summed E-state index contributed by atoms with van der Waals surface area (Å²) in [7, 11) is 1.66. The Bertz CT molecular complexity index is 5000. The van der Waals surface area contributed by atoms with Gasteiger partial charge in [-0.25, -0.2) is 43.2 Å². The highest BCUT2D eigenvalue weighted by Crippen LogP contribution is 2.41. The maximum Gasteiger partial charge on any atom is 0.407 e. The molecule has 11 rings (SSSR count). The van der Waals surface area contributed by atoms with Crippen molar-refractivity contribution in [1.29, 1.82) is 0 Å². The lowest BCUT2D eigenvalue weighted by Crippen LogP contribution is -2.72. The number of carbonyl (C=O) groups is 13. The maximum absolute atomic E-state index is 15.3. The zero-order valence-corrected chi connectivity index (χ0v) is 72.6. The monoisotopic (exact) mass is 1910 g/mol. The first-order valence-corrected chi connectivity index (χ1v) is 41.6. The van der Waals surface area contributed by atoms with Crippen LogP contribution in [0, 0.1) is 0 Å². The van der Waals surface area contributed by atoms with E-state index in [1.165, 1.54) is 170 Å². The molecule has 4 saturated heterocycles. The number of ether oxygens (including phenoxy) is 18. The number of carbonyl (C=O) groups excluding carboxylic acids is 13. The number of hydrogen-bond donors (Lipinski definition) is 5. The third-order valence-corrected chi connectivity index (χ3v) is 20.8. The van der Waals surface area contributed by atoms with E-state index in [-0.39, 0.29) is 40.0 Å². The summed E-state index contributed by atoms with van der Waals surface area (Å²) in [4.78, 5) is 186. The SMILES string of the molecule is COC(=O)[C@H]1O[C@@H](O[C@H]2[C@@H](O)[C@@H](COC(=O)c3ccccc3)O[C@@H](O[C@H]3[C@H](OC(=O)c4ccccc4)[C@@H](OC(=O)c4ccccc4)[C@H](O[C@H]4[C@@H](O)[C@@H](COC(=O)c5ccccc5)O[C@@H](OCCNC(=O)OCc5ccccc5)[C@@H]4NC(=O)C(Cl)(Cl)Cl)O[C@@H]3C(=O)OC)[C@@H]2NC(=O)C(Cl)(Cl)Cl)[C@H](OC(=O)c2ccccc2)[C@@H](OC(=O)c2ccccc2)[C@@H]1OC(=O)CCC(C)=O. The summed E-state index contributed by atoms with van der Waals surface area (Å²) >= 11 is 37.9. The molecule has 686 valence electrons. The number of halogens is 6. The molecule has 4 heterocycles. The molecule has 42 heteroatoms. The number of nitrogens with one attached hydrogen (secondary N) is 3. The summed E-state index contributed by atoms with van der Waals surface area (Å²) in [5.74, 6) is -15.2. The Hall–Kier alpha value is -11.0. The number of hydrogen-bond acceptors (Lipinski definition) is 33. The van der Waals surface area contributed by atoms with Crippen molar-refractivity contribution in [3.63, 3.8) is 0 Å². The van der Waals surface area contributed by atoms with Crippen LogP contribution < -0.4 is 16.0 Å². The van der Waals surface area contributed by atoms with Crippen molar-refractivity contribution in [3.8, 4) is 0 Å². The van der Waals surface area contributed by atoms with Crippen molar-refractivity contribution in [2.75, 3.05) is 40.6 Å². The van der Waals surface area contributed by atoms with Gasteiger partial charge in [0, 0.05) is 13.0 Å². The Morgan fingerprint density at radius 1 is 0.372 bits per heavy atom. The fourth-order valence-electron chi connectivity index (χ4n) is 13.5. The normalized spacial score (nSPS) is 25.5. The lowest BCUT2D eigenvalue weighted by Gasteiger charge is -2.51. The number of alkyl halides is 6. The highest BCUT2D eigenvalue weighted by atomic mass is 35.6. The van der Waals surface area contributed by atoms with Gasteiger partial charge in [0.25, 0.3) is 19.4 Å². The molecule has 0 radical (unpaired) electrons. The van der Waals surface area contributed by atoms with Gasteiger partial charge in [-0.3, -0.25) is 14.4 Å². The number of methoxy groups -OCH3 is 2. The highest BCUT2D eigenvalue weighted by molar-refractivity contribution is 6.76. The maximum atomic E-state index is 15.3. The average molecular weight is 1910 g/mol. The van der Waals surface area contributed by atoms with E-state index in [9.17, 15) is 58.2 Å². The number of ketones is 1. The predicted octanol–water partition coefficient (Wildman–Crippen LogP) is 7.66. The molecule has 129 heavy (non-hydrogen) atoms. The standard InChI is InChI=1S/C87H83Cl6N3O33/c1-46(97)39-40-56(98)120-63-65(121-73(103)50-31-17-7-18-32-50)69(123-75(105)52-35-21-9-22-36-52)81(128-67(63)77(107)112-2)126-62-58(96-84(110)87(91,92)93)80(119-55(60(62)100)45-116-72(102)49-29-15-6-16-30-49)127-64-66(122-74(104)51-33-19-8-20-34-51)70(124-76(106)53-37-23-10-24-38-53)82(129-68(64)78(108)113-3)125-61-57(95-83(109)86(88,89)90)79(114-42-41-94-85(111)117-43-47-25-11-4-12-26-47)118-54(59(61)99)44-115-71(101)48-27-13-5-14-28-48/h4-38,54-55,57-70,79-82,99-100H,39-45H2,1-3H3,(H,94,111)(H,95,109)(H,96,110)/t54-,55-,57-,58-,59+,60+,61-,62-,63+,64+,65+,66+,67+,68+,69-,70-,79-,80+,81-,82-/m1/s1. The molecule has 0 aliphatic carbocycles. The molecule has 0 bridgehead atoms. The Kier molecular flexibility index (Phi) is 35.5. The Labute approximate surface area is 764 Å². The fraction of sp³-hybridized carbons (Fsp3) is 0.368. The Morgan fingerprint density at radius 3 is 1.08 bits per heavy atom. The Morgan fingerprint density at radius 2 is 0.705 bits per heavy atom. The number of esters is 9. The van der Waals surface area contributed by atoms with Gasteiger partial charge in [-0.1, -0.05) is 209 Å². The van der Waals surface area contributed by atoms with Crippen LogP contribution in [-0.2, 0) is 121 Å². The molecule has 3 amide bonds. The zero-order chi connectivity index (χ0) is 92.6. The molecule has 0 aromatic heterocycles. The van der Waals surface area contributed by atoms with Crippen LogP contribution in [0.1, 0.15) is 87.5 Å². The molecule has 7 aromatic rings. The quantitative estimate of drug-likeness (QED) is 0.0112. The Balaban J connectivity index is 1.08. The van der Waals surface area contributed by atoms with E-state index >= 15 is 14.4 Å². The molecular formula is C87H83Cl6N3O33. The number of Topliss-reactive ketones (excluding diaryl/α,β-unsaturated/α-hetero) is 1. The van der Waals surface area contributed by atoms with Crippen LogP contribution in [0.15, 0.2) is 212 Å². The van der Waals surface area contributed by atoms with Crippen LogP contribution in [0.3, 0.4) is 0 Å². The molecular weight excluding hydrogens is 1830 g/mol. The number of aliphatic hydroxyl groups is 2. The summed E-state index contributed by atoms with van der Waals surface area (Å²) < 4.78 is 105. The van der Waals surface area contributed by atoms with Crippen molar-refractivity contribution in [1.82, 2.24) is 16.0 Å². The van der Waals surface area contributed by atoms with Gasteiger partial charge in [0.1, 0.15) is 80.4 Å².